The average molecular weight is 406 g/mol. The van der Waals surface area contributed by atoms with Gasteiger partial charge in [0, 0.05) is 5.56 Å². The molecule has 154 valence electrons. The molecule has 0 amide bonds. The Morgan fingerprint density at radius 3 is 2.03 bits per heavy atom. The van der Waals surface area contributed by atoms with Crippen LogP contribution in [0.2, 0.25) is 0 Å². The number of aromatic amines is 1. The molecule has 1 aromatic heterocycles. The highest BCUT2D eigenvalue weighted by Crippen LogP contribution is 2.43. The number of H-pyrrole nitrogens is 1. The van der Waals surface area contributed by atoms with Gasteiger partial charge in [-0.3, -0.25) is 0 Å². The Hall–Kier alpha value is -3.87. The molecule has 1 heterocycles. The summed E-state index contributed by atoms with van der Waals surface area (Å²) in [6.45, 7) is 0. The van der Waals surface area contributed by atoms with Gasteiger partial charge < -0.3 is 29.0 Å². The number of hydrogen-bond donors (Lipinski definition) is 2. The third-order valence-corrected chi connectivity index (χ3v) is 5.01. The van der Waals surface area contributed by atoms with Gasteiger partial charge in [0.1, 0.15) is 0 Å². The van der Waals surface area contributed by atoms with Crippen LogP contribution in [0, 0.1) is 0 Å². The van der Waals surface area contributed by atoms with Gasteiger partial charge in [0.2, 0.25) is 5.75 Å². The zero-order valence-corrected chi connectivity index (χ0v) is 17.1. The largest absolute Gasteiger partial charge is 0.504 e. The number of aromatic nitrogens is 2. The Morgan fingerprint density at radius 1 is 0.733 bits per heavy atom. The maximum absolute atomic E-state index is 10.2. The summed E-state index contributed by atoms with van der Waals surface area (Å²) >= 11 is 0. The molecule has 0 saturated heterocycles. The fourth-order valence-corrected chi connectivity index (χ4v) is 3.54. The van der Waals surface area contributed by atoms with E-state index in [1.807, 2.05) is 30.3 Å². The van der Waals surface area contributed by atoms with E-state index in [-0.39, 0.29) is 5.75 Å². The molecule has 0 unspecified atom stereocenters. The molecule has 7 nitrogen and oxygen atoms in total. The summed E-state index contributed by atoms with van der Waals surface area (Å²) in [5, 5.41) is 10.2. The first-order chi connectivity index (χ1) is 14.6. The SMILES string of the molecule is COc1ccc(-c2cc(-c3cc(OC)c(OC)c(OC)c3)c3nc[nH]c3c2)cc1O. The molecule has 0 aliphatic carbocycles. The first kappa shape index (κ1) is 19.4. The van der Waals surface area contributed by atoms with Gasteiger partial charge in [0.05, 0.1) is 45.8 Å². The zero-order chi connectivity index (χ0) is 21.3. The summed E-state index contributed by atoms with van der Waals surface area (Å²) in [6, 6.07) is 13.1. The number of aromatic hydroxyl groups is 1. The van der Waals surface area contributed by atoms with Gasteiger partial charge in [0.25, 0.3) is 0 Å². The maximum atomic E-state index is 10.2. The molecule has 0 spiro atoms. The quantitative estimate of drug-likeness (QED) is 0.485. The van der Waals surface area contributed by atoms with Gasteiger partial charge in [-0.2, -0.15) is 0 Å². The Bertz CT molecular complexity index is 1190. The molecule has 3 aromatic carbocycles. The minimum atomic E-state index is 0.0778. The van der Waals surface area contributed by atoms with Gasteiger partial charge in [-0.15, -0.1) is 0 Å². The number of methoxy groups -OCH3 is 4. The van der Waals surface area contributed by atoms with E-state index in [4.69, 9.17) is 18.9 Å². The van der Waals surface area contributed by atoms with E-state index < -0.39 is 0 Å². The van der Waals surface area contributed by atoms with Crippen LogP contribution in [-0.4, -0.2) is 43.5 Å². The minimum Gasteiger partial charge on any atom is -0.504 e. The maximum Gasteiger partial charge on any atom is 0.203 e. The Labute approximate surface area is 173 Å². The van der Waals surface area contributed by atoms with Crippen LogP contribution in [0.5, 0.6) is 28.7 Å². The fourth-order valence-electron chi connectivity index (χ4n) is 3.54. The lowest BCUT2D eigenvalue weighted by Gasteiger charge is -2.15. The molecule has 0 aliphatic rings. The number of phenols is 1. The van der Waals surface area contributed by atoms with Crippen molar-refractivity contribution in [1.82, 2.24) is 9.97 Å². The van der Waals surface area contributed by atoms with E-state index in [1.54, 1.807) is 39.8 Å². The number of rotatable bonds is 6. The highest BCUT2D eigenvalue weighted by Gasteiger charge is 2.17. The summed E-state index contributed by atoms with van der Waals surface area (Å²) in [5.74, 6) is 2.14. The van der Waals surface area contributed by atoms with Crippen molar-refractivity contribution >= 4 is 11.0 Å². The number of phenolic OH excluding ortho intramolecular Hbond substituents is 1. The van der Waals surface area contributed by atoms with Crippen molar-refractivity contribution in [2.45, 2.75) is 0 Å². The van der Waals surface area contributed by atoms with Crippen molar-refractivity contribution in [2.75, 3.05) is 28.4 Å². The van der Waals surface area contributed by atoms with Gasteiger partial charge >= 0.3 is 0 Å². The molecule has 4 aromatic rings. The lowest BCUT2D eigenvalue weighted by Crippen LogP contribution is -1.96. The summed E-state index contributed by atoms with van der Waals surface area (Å²) in [4.78, 5) is 7.66. The predicted octanol–water partition coefficient (Wildman–Crippen LogP) is 4.64. The molecular weight excluding hydrogens is 384 g/mol. The van der Waals surface area contributed by atoms with Crippen LogP contribution >= 0.6 is 0 Å². The number of nitrogens with zero attached hydrogens (tertiary/aromatic N) is 1. The second-order valence-corrected chi connectivity index (χ2v) is 6.62. The first-order valence-electron chi connectivity index (χ1n) is 9.24. The Morgan fingerprint density at radius 2 is 1.43 bits per heavy atom. The minimum absolute atomic E-state index is 0.0778. The van der Waals surface area contributed by atoms with Crippen molar-refractivity contribution < 1.29 is 24.1 Å². The van der Waals surface area contributed by atoms with E-state index in [0.29, 0.717) is 23.0 Å². The van der Waals surface area contributed by atoms with Crippen LogP contribution in [0.1, 0.15) is 0 Å². The second-order valence-electron chi connectivity index (χ2n) is 6.62. The monoisotopic (exact) mass is 406 g/mol. The van der Waals surface area contributed by atoms with E-state index >= 15 is 0 Å². The summed E-state index contributed by atoms with van der Waals surface area (Å²) < 4.78 is 21.6. The van der Waals surface area contributed by atoms with Crippen LogP contribution in [0.4, 0.5) is 0 Å². The molecule has 2 N–H and O–H groups in total. The van der Waals surface area contributed by atoms with Crippen molar-refractivity contribution in [2.24, 2.45) is 0 Å². The highest BCUT2D eigenvalue weighted by atomic mass is 16.5. The van der Waals surface area contributed by atoms with Crippen molar-refractivity contribution in [1.29, 1.82) is 0 Å². The Kier molecular flexibility index (Phi) is 5.10. The molecule has 0 fully saturated rings. The average Bonchev–Trinajstić information content (AvgIpc) is 3.26. The summed E-state index contributed by atoms with van der Waals surface area (Å²) in [5.41, 5.74) is 5.18. The molecule has 30 heavy (non-hydrogen) atoms. The smallest absolute Gasteiger partial charge is 0.203 e. The Balaban J connectivity index is 1.94. The zero-order valence-electron chi connectivity index (χ0n) is 17.1. The molecular formula is C23H22N2O5. The topological polar surface area (TPSA) is 85.8 Å². The van der Waals surface area contributed by atoms with E-state index in [0.717, 1.165) is 33.3 Å². The van der Waals surface area contributed by atoms with E-state index in [2.05, 4.69) is 9.97 Å². The van der Waals surface area contributed by atoms with Crippen LogP contribution in [-0.2, 0) is 0 Å². The number of hydrogen-bond acceptors (Lipinski definition) is 6. The van der Waals surface area contributed by atoms with Gasteiger partial charge in [-0.1, -0.05) is 6.07 Å². The van der Waals surface area contributed by atoms with Crippen molar-refractivity contribution in [3.63, 3.8) is 0 Å². The van der Waals surface area contributed by atoms with Gasteiger partial charge in [0.15, 0.2) is 23.0 Å². The molecule has 7 heteroatoms. The molecule has 0 bridgehead atoms. The molecule has 0 atom stereocenters. The third-order valence-electron chi connectivity index (χ3n) is 5.01. The summed E-state index contributed by atoms with van der Waals surface area (Å²) in [7, 11) is 6.26. The molecule has 0 saturated carbocycles. The van der Waals surface area contributed by atoms with Crippen molar-refractivity contribution in [3.8, 4) is 51.0 Å². The van der Waals surface area contributed by atoms with Crippen LogP contribution < -0.4 is 18.9 Å². The predicted molar refractivity (Wildman–Crippen MR) is 115 cm³/mol. The van der Waals surface area contributed by atoms with Crippen LogP contribution in [0.15, 0.2) is 48.8 Å². The molecule has 0 radical (unpaired) electrons. The standard InChI is InChI=1S/C23H22N2O5/c1-27-19-6-5-13(9-18(19)26)14-7-16(22-17(8-14)24-12-25-22)15-10-20(28-2)23(30-4)21(11-15)29-3/h5-12,26H,1-4H3,(H,24,25). The van der Waals surface area contributed by atoms with E-state index in [1.165, 1.54) is 7.11 Å². The lowest BCUT2D eigenvalue weighted by molar-refractivity contribution is 0.324. The molecule has 0 aliphatic heterocycles. The lowest BCUT2D eigenvalue weighted by atomic mass is 9.96. The van der Waals surface area contributed by atoms with Gasteiger partial charge in [-0.25, -0.2) is 4.98 Å². The first-order valence-corrected chi connectivity index (χ1v) is 9.24. The van der Waals surface area contributed by atoms with Crippen LogP contribution in [0.25, 0.3) is 33.3 Å². The fraction of sp³-hybridized carbons (Fsp3) is 0.174. The number of benzene rings is 3. The van der Waals surface area contributed by atoms with Crippen LogP contribution in [0.3, 0.4) is 0 Å². The van der Waals surface area contributed by atoms with Gasteiger partial charge in [-0.05, 0) is 53.1 Å². The summed E-state index contributed by atoms with van der Waals surface area (Å²) in [6.07, 6.45) is 1.65. The second kappa shape index (κ2) is 7.87. The number of fused-ring (bicyclic) bond motifs is 1. The third kappa shape index (κ3) is 3.24. The number of imidazole rings is 1. The number of nitrogens with one attached hydrogen (secondary N) is 1. The number of ether oxygens (including phenoxy) is 4. The van der Waals surface area contributed by atoms with E-state index in [9.17, 15) is 5.11 Å². The normalized spacial score (nSPS) is 10.8. The highest BCUT2D eigenvalue weighted by molar-refractivity contribution is 5.96. The molecule has 4 rings (SSSR count). The van der Waals surface area contributed by atoms with Crippen molar-refractivity contribution in [3.05, 3.63) is 48.8 Å².